The highest BCUT2D eigenvalue weighted by molar-refractivity contribution is 14.0. The van der Waals surface area contributed by atoms with E-state index in [4.69, 9.17) is 4.74 Å². The molecule has 1 aromatic rings. The van der Waals surface area contributed by atoms with Crippen molar-refractivity contribution >= 4 is 40.0 Å². The zero-order valence-corrected chi connectivity index (χ0v) is 18.8. The van der Waals surface area contributed by atoms with Crippen LogP contribution < -0.4 is 10.6 Å². The van der Waals surface area contributed by atoms with E-state index in [1.807, 2.05) is 24.3 Å². The minimum atomic E-state index is -3.34. The largest absolute Gasteiger partial charge is 0.379 e. The maximum absolute atomic E-state index is 12.7. The lowest BCUT2D eigenvalue weighted by molar-refractivity contribution is 0.0729. The third kappa shape index (κ3) is 6.88. The van der Waals surface area contributed by atoms with Gasteiger partial charge in [-0.15, -0.1) is 24.0 Å². The van der Waals surface area contributed by atoms with E-state index in [9.17, 15) is 8.42 Å². The van der Waals surface area contributed by atoms with Gasteiger partial charge in [0.25, 0.3) is 0 Å². The van der Waals surface area contributed by atoms with Crippen LogP contribution in [0, 0.1) is 5.92 Å². The predicted octanol–water partition coefficient (Wildman–Crippen LogP) is 1.54. The molecular weight excluding hydrogens is 479 g/mol. The Morgan fingerprint density at radius 2 is 1.85 bits per heavy atom. The fraction of sp³-hybridized carbons (Fsp3) is 0.611. The number of benzene rings is 1. The Morgan fingerprint density at radius 3 is 2.48 bits per heavy atom. The van der Waals surface area contributed by atoms with Gasteiger partial charge in [0.15, 0.2) is 5.96 Å². The topological polar surface area (TPSA) is 83.0 Å². The van der Waals surface area contributed by atoms with E-state index in [0.29, 0.717) is 32.8 Å². The Bertz CT molecular complexity index is 732. The highest BCUT2D eigenvalue weighted by atomic mass is 127. The molecule has 0 spiro atoms. The molecule has 3 rings (SSSR count). The first-order valence-corrected chi connectivity index (χ1v) is 10.8. The highest BCUT2D eigenvalue weighted by Crippen LogP contribution is 2.27. The zero-order chi connectivity index (χ0) is 18.4. The summed E-state index contributed by atoms with van der Waals surface area (Å²) < 4.78 is 32.2. The van der Waals surface area contributed by atoms with E-state index in [1.54, 1.807) is 7.05 Å². The van der Waals surface area contributed by atoms with Crippen molar-refractivity contribution in [1.29, 1.82) is 0 Å². The zero-order valence-electron chi connectivity index (χ0n) is 15.7. The van der Waals surface area contributed by atoms with Crippen LogP contribution in [0.25, 0.3) is 0 Å². The Kier molecular flexibility index (Phi) is 8.77. The van der Waals surface area contributed by atoms with Crippen molar-refractivity contribution in [2.24, 2.45) is 10.9 Å². The molecule has 2 aliphatic rings. The molecule has 0 amide bonds. The van der Waals surface area contributed by atoms with Crippen LogP contribution in [0.3, 0.4) is 0 Å². The summed E-state index contributed by atoms with van der Waals surface area (Å²) in [5.74, 6) is 1.53. The standard InChI is InChI=1S/C18H28N4O3S.HI/c1-19-18(20-12-15-6-7-15)21-13-16-4-2-3-5-17(16)14-26(23,24)22-8-10-25-11-9-22;/h2-5,15H,6-14H2,1H3,(H2,19,20,21);1H. The number of rotatable bonds is 7. The number of halogens is 1. The Morgan fingerprint density at radius 1 is 1.19 bits per heavy atom. The maximum atomic E-state index is 12.7. The molecule has 0 atom stereocenters. The second kappa shape index (κ2) is 10.6. The lowest BCUT2D eigenvalue weighted by Crippen LogP contribution is -2.41. The quantitative estimate of drug-likeness (QED) is 0.332. The second-order valence-corrected chi connectivity index (χ2v) is 8.76. The van der Waals surface area contributed by atoms with Crippen LogP contribution in [-0.4, -0.2) is 58.6 Å². The van der Waals surface area contributed by atoms with Crippen molar-refractivity contribution in [3.8, 4) is 0 Å². The number of ether oxygens (including phenoxy) is 1. The third-order valence-corrected chi connectivity index (χ3v) is 6.57. The molecule has 1 aliphatic heterocycles. The molecule has 0 unspecified atom stereocenters. The van der Waals surface area contributed by atoms with Gasteiger partial charge in [0.2, 0.25) is 10.0 Å². The van der Waals surface area contributed by atoms with Crippen LogP contribution in [0.15, 0.2) is 29.3 Å². The summed E-state index contributed by atoms with van der Waals surface area (Å²) in [6.45, 7) is 3.27. The van der Waals surface area contributed by atoms with E-state index in [0.717, 1.165) is 29.5 Å². The molecule has 2 N–H and O–H groups in total. The number of hydrogen-bond donors (Lipinski definition) is 2. The number of hydrogen-bond acceptors (Lipinski definition) is 4. The van der Waals surface area contributed by atoms with Gasteiger partial charge < -0.3 is 15.4 Å². The SMILES string of the molecule is CN=C(NCc1ccccc1CS(=O)(=O)N1CCOCC1)NCC1CC1.I. The van der Waals surface area contributed by atoms with Crippen LogP contribution in [0.4, 0.5) is 0 Å². The third-order valence-electron chi connectivity index (χ3n) is 4.74. The van der Waals surface area contributed by atoms with Crippen molar-refractivity contribution in [3.63, 3.8) is 0 Å². The van der Waals surface area contributed by atoms with Gasteiger partial charge in [-0.1, -0.05) is 24.3 Å². The van der Waals surface area contributed by atoms with Crippen LogP contribution in [0.2, 0.25) is 0 Å². The first-order chi connectivity index (χ1) is 12.6. The average Bonchev–Trinajstić information content (AvgIpc) is 3.48. The lowest BCUT2D eigenvalue weighted by atomic mass is 10.1. The average molecular weight is 508 g/mol. The van der Waals surface area contributed by atoms with E-state index in [2.05, 4.69) is 15.6 Å². The highest BCUT2D eigenvalue weighted by Gasteiger charge is 2.25. The molecule has 1 saturated heterocycles. The van der Waals surface area contributed by atoms with Crippen molar-refractivity contribution in [1.82, 2.24) is 14.9 Å². The molecule has 1 aliphatic carbocycles. The molecule has 152 valence electrons. The van der Waals surface area contributed by atoms with Crippen molar-refractivity contribution in [2.45, 2.75) is 25.1 Å². The summed E-state index contributed by atoms with van der Waals surface area (Å²) >= 11 is 0. The Hall–Kier alpha value is -0.910. The Balaban J connectivity index is 0.00000261. The van der Waals surface area contributed by atoms with Crippen LogP contribution in [0.1, 0.15) is 24.0 Å². The normalized spacial score (nSPS) is 18.6. The van der Waals surface area contributed by atoms with Gasteiger partial charge in [0, 0.05) is 33.2 Å². The van der Waals surface area contributed by atoms with Crippen LogP contribution in [0.5, 0.6) is 0 Å². The maximum Gasteiger partial charge on any atom is 0.218 e. The molecule has 0 bridgehead atoms. The van der Waals surface area contributed by atoms with E-state index in [-0.39, 0.29) is 29.7 Å². The van der Waals surface area contributed by atoms with Crippen molar-refractivity contribution in [2.75, 3.05) is 39.9 Å². The summed E-state index contributed by atoms with van der Waals surface area (Å²) in [5.41, 5.74) is 1.79. The minimum Gasteiger partial charge on any atom is -0.379 e. The fourth-order valence-electron chi connectivity index (χ4n) is 2.95. The number of sulfonamides is 1. The molecular formula is C18H29IN4O3S. The molecule has 1 heterocycles. The van der Waals surface area contributed by atoms with Gasteiger partial charge in [0.05, 0.1) is 19.0 Å². The molecule has 0 aromatic heterocycles. The summed E-state index contributed by atoms with van der Waals surface area (Å²) in [4.78, 5) is 4.23. The van der Waals surface area contributed by atoms with Gasteiger partial charge in [-0.25, -0.2) is 8.42 Å². The summed E-state index contributed by atoms with van der Waals surface area (Å²) in [5, 5.41) is 6.60. The number of nitrogens with one attached hydrogen (secondary N) is 2. The predicted molar refractivity (Wildman–Crippen MR) is 118 cm³/mol. The second-order valence-electron chi connectivity index (χ2n) is 6.79. The van der Waals surface area contributed by atoms with Crippen LogP contribution >= 0.6 is 24.0 Å². The number of morpholine rings is 1. The summed E-state index contributed by atoms with van der Waals surface area (Å²) in [7, 11) is -1.59. The van der Waals surface area contributed by atoms with Gasteiger partial charge in [-0.05, 0) is 29.9 Å². The first-order valence-electron chi connectivity index (χ1n) is 9.15. The van der Waals surface area contributed by atoms with Crippen molar-refractivity contribution in [3.05, 3.63) is 35.4 Å². The van der Waals surface area contributed by atoms with Gasteiger partial charge in [0.1, 0.15) is 0 Å². The number of nitrogens with zero attached hydrogens (tertiary/aromatic N) is 2. The number of guanidine groups is 1. The molecule has 0 radical (unpaired) electrons. The van der Waals surface area contributed by atoms with Gasteiger partial charge in [-0.2, -0.15) is 4.31 Å². The molecule has 1 aromatic carbocycles. The van der Waals surface area contributed by atoms with Gasteiger partial charge in [-0.3, -0.25) is 4.99 Å². The monoisotopic (exact) mass is 508 g/mol. The molecule has 2 fully saturated rings. The molecule has 9 heteroatoms. The Labute approximate surface area is 179 Å². The fourth-order valence-corrected chi connectivity index (χ4v) is 4.51. The van der Waals surface area contributed by atoms with Crippen molar-refractivity contribution < 1.29 is 13.2 Å². The van der Waals surface area contributed by atoms with Gasteiger partial charge >= 0.3 is 0 Å². The first kappa shape index (κ1) is 22.4. The molecule has 1 saturated carbocycles. The smallest absolute Gasteiger partial charge is 0.218 e. The number of aliphatic imine (C=N–C) groups is 1. The lowest BCUT2D eigenvalue weighted by Gasteiger charge is -2.26. The van der Waals surface area contributed by atoms with E-state index < -0.39 is 10.0 Å². The van der Waals surface area contributed by atoms with E-state index >= 15 is 0 Å². The van der Waals surface area contributed by atoms with E-state index in [1.165, 1.54) is 17.1 Å². The summed E-state index contributed by atoms with van der Waals surface area (Å²) in [6.07, 6.45) is 2.57. The molecule has 7 nitrogen and oxygen atoms in total. The molecule has 27 heavy (non-hydrogen) atoms. The van der Waals surface area contributed by atoms with Crippen LogP contribution in [-0.2, 0) is 27.1 Å². The summed E-state index contributed by atoms with van der Waals surface area (Å²) in [6, 6.07) is 7.66. The minimum absolute atomic E-state index is 0.